The highest BCUT2D eigenvalue weighted by molar-refractivity contribution is 7.74. The molecule has 5 saturated carbocycles. The average Bonchev–Trinajstić information content (AvgIpc) is 1.20. The molecule has 11 N–H and O–H groups in total. The van der Waals surface area contributed by atoms with E-state index >= 15 is 4.39 Å². The van der Waals surface area contributed by atoms with E-state index in [0.717, 1.165) is 83.1 Å². The predicted molar refractivity (Wildman–Crippen MR) is 460 cm³/mol. The van der Waals surface area contributed by atoms with Crippen molar-refractivity contribution in [1.29, 1.82) is 0 Å². The number of pyridine rings is 1. The van der Waals surface area contributed by atoms with E-state index in [4.69, 9.17) is 52.7 Å². The lowest BCUT2D eigenvalue weighted by Gasteiger charge is -2.35. The number of aliphatic carboxylic acids is 2. The summed E-state index contributed by atoms with van der Waals surface area (Å²) >= 11 is 0. The van der Waals surface area contributed by atoms with Gasteiger partial charge >= 0.3 is 55.1 Å². The number of benzene rings is 4. The third-order valence-corrected chi connectivity index (χ3v) is 21.9. The molecule has 12 rings (SSSR count). The van der Waals surface area contributed by atoms with Gasteiger partial charge in [0.2, 0.25) is 17.1 Å². The molecule has 3 heterocycles. The van der Waals surface area contributed by atoms with Crippen molar-refractivity contribution in [3.05, 3.63) is 159 Å². The molecule has 0 bridgehead atoms. The van der Waals surface area contributed by atoms with E-state index in [1.54, 1.807) is 68.8 Å². The molecule has 6 aromatic rings. The van der Waals surface area contributed by atoms with E-state index < -0.39 is 89.3 Å². The molecule has 5 aliphatic carbocycles. The minimum absolute atomic E-state index is 0. The van der Waals surface area contributed by atoms with Gasteiger partial charge in [0.15, 0.2) is 0 Å². The number of piperazine rings is 1. The first-order valence-electron chi connectivity index (χ1n) is 39.4. The quantitative estimate of drug-likeness (QED) is 0.00210. The van der Waals surface area contributed by atoms with Gasteiger partial charge in [-0.25, -0.2) is 43.4 Å². The minimum Gasteiger partial charge on any atom is -0.481 e. The summed E-state index contributed by atoms with van der Waals surface area (Å²) in [5.41, 5.74) is 22.5. The van der Waals surface area contributed by atoms with Crippen LogP contribution in [-0.2, 0) is 104 Å². The van der Waals surface area contributed by atoms with Crippen molar-refractivity contribution >= 4 is 101 Å². The molecule has 1 saturated heterocycles. The van der Waals surface area contributed by atoms with Crippen molar-refractivity contribution < 1.29 is 115 Å². The minimum atomic E-state index is -3.70. The summed E-state index contributed by atoms with van der Waals surface area (Å²) < 4.78 is 54.1. The number of carboxylic acid groups (broad SMARTS) is 3. The van der Waals surface area contributed by atoms with Gasteiger partial charge in [-0.3, -0.25) is 38.4 Å². The van der Waals surface area contributed by atoms with E-state index in [1.807, 2.05) is 74.5 Å². The molecule has 40 heteroatoms. The lowest BCUT2D eigenvalue weighted by Crippen LogP contribution is -2.49. The van der Waals surface area contributed by atoms with Crippen molar-refractivity contribution in [1.82, 2.24) is 45.6 Å². The number of carbonyl (C=O) groups is 11. The molecule has 0 spiro atoms. The number of alkyl carbamates (subject to hydrolysis) is 1. The Morgan fingerprint density at radius 3 is 1.67 bits per heavy atom. The van der Waals surface area contributed by atoms with Gasteiger partial charge in [-0.1, -0.05) is 99.3 Å². The number of urea groups is 1. The third kappa shape index (κ3) is 36.7. The Kier molecular flexibility index (Phi) is 43.8. The Morgan fingerprint density at radius 2 is 1.29 bits per heavy atom. The summed E-state index contributed by atoms with van der Waals surface area (Å²) in [7, 11) is 4.92. The fraction of sp³-hybridized carbons (Fsp3) is 0.494. The fourth-order valence-corrected chi connectivity index (χ4v) is 11.3. The number of amides is 6. The number of Topliss-reactive ketones (excluding diaryl/α,β-unsaturated/α-hetero) is 1. The smallest absolute Gasteiger partial charge is 0.446 e. The van der Waals surface area contributed by atoms with Gasteiger partial charge in [0.05, 0.1) is 43.6 Å². The highest BCUT2D eigenvalue weighted by atomic mass is 31.2. The van der Waals surface area contributed by atoms with Crippen molar-refractivity contribution in [2.45, 2.75) is 177 Å². The number of rotatable bonds is 28. The first kappa shape index (κ1) is 107. The fourth-order valence-electron chi connectivity index (χ4n) is 10.3. The molecule has 38 nitrogen and oxygen atoms in total. The number of nitrogens with zero attached hydrogens (tertiary/aromatic N) is 9. The van der Waals surface area contributed by atoms with E-state index in [2.05, 4.69) is 63.3 Å². The van der Waals surface area contributed by atoms with Gasteiger partial charge in [-0.2, -0.15) is 4.79 Å². The number of primary amides is 1. The zero-order valence-corrected chi connectivity index (χ0v) is 73.1. The van der Waals surface area contributed by atoms with Crippen LogP contribution >= 0.6 is 7.60 Å². The Hall–Kier alpha value is -12.1. The number of esters is 1. The summed E-state index contributed by atoms with van der Waals surface area (Å²) in [6.07, 6.45) is 18.1. The monoisotopic (exact) mass is 1770 g/mol. The van der Waals surface area contributed by atoms with Gasteiger partial charge < -0.3 is 95.5 Å². The van der Waals surface area contributed by atoms with Crippen LogP contribution in [-0.4, -0.2) is 202 Å². The van der Waals surface area contributed by atoms with Crippen LogP contribution in [0.4, 0.5) is 30.1 Å². The first-order valence-corrected chi connectivity index (χ1v) is 41.0. The number of anilines is 2. The van der Waals surface area contributed by atoms with Crippen LogP contribution in [0, 0.1) is 39.8 Å². The van der Waals surface area contributed by atoms with E-state index in [0.29, 0.717) is 60.3 Å². The average molecular weight is 1770 g/mol. The number of nitrogens with one attached hydrogen (secondary N) is 4. The zero-order valence-electron chi connectivity index (χ0n) is 72.2. The summed E-state index contributed by atoms with van der Waals surface area (Å²) in [6, 6.07) is 26.6. The van der Waals surface area contributed by atoms with Gasteiger partial charge in [0, 0.05) is 115 Å². The number of carboxylic acids is 3. The van der Waals surface area contributed by atoms with Crippen LogP contribution < -0.4 is 43.2 Å². The number of fused-ring (bicyclic) bond motifs is 1. The number of aromatic carboxylic acids is 1. The van der Waals surface area contributed by atoms with Crippen LogP contribution in [0.25, 0.3) is 16.4 Å². The summed E-state index contributed by atoms with van der Waals surface area (Å²) in [6.45, 7) is 14.2. The number of hydrogen-bond acceptors (Lipinski definition) is 25. The summed E-state index contributed by atoms with van der Waals surface area (Å²) in [5, 5.41) is 43.4. The Labute approximate surface area is 725 Å². The number of terminal acetylenes is 1. The second-order valence-electron chi connectivity index (χ2n) is 30.4. The van der Waals surface area contributed by atoms with Crippen molar-refractivity contribution in [2.75, 3.05) is 85.5 Å². The van der Waals surface area contributed by atoms with Crippen LogP contribution in [0.2, 0.25) is 0 Å². The second-order valence-corrected chi connectivity index (χ2v) is 32.6. The Bertz CT molecular complexity index is 4760. The van der Waals surface area contributed by atoms with Crippen molar-refractivity contribution in [3.8, 4) is 12.3 Å². The highest BCUT2D eigenvalue weighted by Gasteiger charge is 2.48. The molecule has 1 atom stereocenters. The molecule has 125 heavy (non-hydrogen) atoms. The van der Waals surface area contributed by atoms with Crippen LogP contribution in [0.3, 0.4) is 0 Å². The zero-order chi connectivity index (χ0) is 92.8. The number of halogens is 1. The SMILES string of the molecule is C.C#CC1(C)CC1.CC(=O)OCc1ccccc1.CC1(C(=O)O)CC1.CC1(C=O)CC1.CCn1cc(C(=O)O)c(=O)c2cc(F)c(N3CCN(C(=O)OCc4ccc(NC(=O)[C@H](CCCNC(N)=O)n5cc(CNC(=O)OCc6ccccc6)nn5)cc4)CC3)cc21.CNOC.CON(C)C(=O)C1(C)CC1.COP(=O)(OC)C(=[N+]=[N-])C(C)=O.NC1(C(=O)O)CC1. The Morgan fingerprint density at radius 1 is 0.752 bits per heavy atom. The molecular formula is C85H119FN15O23P. The van der Waals surface area contributed by atoms with Crippen molar-refractivity contribution in [3.63, 3.8) is 0 Å². The van der Waals surface area contributed by atoms with Crippen LogP contribution in [0.1, 0.15) is 172 Å². The second kappa shape index (κ2) is 51.2. The molecule has 0 radical (unpaired) electrons. The number of ketones is 1. The number of ether oxygens (including phenoxy) is 3. The molecule has 6 amide bonds. The number of carbonyl (C=O) groups excluding carboxylic acids is 8. The van der Waals surface area contributed by atoms with Gasteiger partial charge in [-0.05, 0) is 139 Å². The van der Waals surface area contributed by atoms with Crippen LogP contribution in [0.15, 0.2) is 114 Å². The molecule has 4 aromatic carbocycles. The summed E-state index contributed by atoms with van der Waals surface area (Å²) in [5.74, 6) is -2.08. The number of nitrogens with two attached hydrogens (primary N) is 2. The van der Waals surface area contributed by atoms with Gasteiger partial charge in [0.1, 0.15) is 54.8 Å². The molecule has 2 aromatic heterocycles. The summed E-state index contributed by atoms with van der Waals surface area (Å²) in [4.78, 5) is 151. The first-order chi connectivity index (χ1) is 58.5. The molecule has 684 valence electrons. The van der Waals surface area contributed by atoms with Gasteiger partial charge in [0.25, 0.3) is 5.91 Å². The largest absolute Gasteiger partial charge is 0.481 e. The molecular weight excluding hydrogens is 1650 g/mol. The molecule has 1 aliphatic heterocycles. The molecule has 0 unspecified atom stereocenters. The number of hydrogen-bond donors (Lipinski definition) is 9. The Balaban J connectivity index is 0.000000494. The van der Waals surface area contributed by atoms with E-state index in [1.165, 1.54) is 60.0 Å². The maximum Gasteiger partial charge on any atom is 0.446 e. The van der Waals surface area contributed by atoms with Crippen LogP contribution in [0.5, 0.6) is 0 Å². The van der Waals surface area contributed by atoms with Gasteiger partial charge in [-0.15, -0.1) is 17.4 Å². The maximum atomic E-state index is 15.3. The normalized spacial score (nSPS) is 15.2. The van der Waals surface area contributed by atoms with E-state index in [9.17, 15) is 67.2 Å². The predicted octanol–water partition coefficient (Wildman–Crippen LogP) is 10.5. The molecule has 6 fully saturated rings. The lowest BCUT2D eigenvalue weighted by molar-refractivity contribution is -0.174. The topological polar surface area (TPSA) is 529 Å². The standard InChI is InChI=1S/C41H45FN10O9.C9H10O2.C7H13NO2.C6H8.C5H9N2O4P.C5H8O2.C5H8O.C4H7NO2.C2H7NO.CH4/c1-2-49-23-31(38(55)56)36(53)30-19-32(42)35(20-34(30)49)50-15-17-51(18-16-50)41(59)61-25-27-10-12-28(13-11-27)46-37(54)33(9-6-14-44-39(43)57)52-22-29(47-48-52)21-45-40(58)60-24-26-7-4-3-5-8-26;1-8(10)11-7-9-5-3-2-4-6-9;1-7(4-5-7)6(9)8(2)10-3;1-3-6(2)4-5-6;1-4(8)5(7-6)12(9,10-2)11-3;1-5(2-3-5)4(6)7;1-5(4-6)2-3-5;5-4(1-2-4)3(6)7;1-3-4-2;/h3-5,7-8,10-13,19-20,22-23,33H,2,6,9,14-18,21,24-25H2,1H3,(H,45,58)(H,46,54)(H,55,56)(H3,43,44,57);2-6H,7H2,1H3;4-5H2,1-3H3;1H,4-5H2,2H3;1-3H3;2-3H2,1H3,(H,6,7);4H,2-3H2,1H3;1-2,5H2,(H,6,7);3H,1-2H3;1H4/t33-;;;;;;;;;/m0........./s1. The highest BCUT2D eigenvalue weighted by Crippen LogP contribution is 2.48. The number of aromatic nitrogens is 4. The maximum absolute atomic E-state index is 15.3. The molecule has 6 aliphatic rings. The lowest BCUT2D eigenvalue weighted by atomic mass is 10.1. The van der Waals surface area contributed by atoms with E-state index in [-0.39, 0.29) is 106 Å². The number of hydroxylamine groups is 3. The third-order valence-electron chi connectivity index (χ3n) is 20.1. The number of aryl methyl sites for hydroxylation is 1. The van der Waals surface area contributed by atoms with Crippen molar-refractivity contribution in [2.24, 2.45) is 33.1 Å². The number of aldehydes is 1.